The van der Waals surface area contributed by atoms with Gasteiger partial charge in [0.25, 0.3) is 0 Å². The molecule has 1 aliphatic carbocycles. The number of allylic oxidation sites excluding steroid dienone is 1. The first-order valence-electron chi connectivity index (χ1n) is 12.9. The van der Waals surface area contributed by atoms with Gasteiger partial charge in [-0.1, -0.05) is 67.1 Å². The van der Waals surface area contributed by atoms with Gasteiger partial charge in [-0.2, -0.15) is 0 Å². The Labute approximate surface area is 230 Å². The molecule has 0 bridgehead atoms. The number of para-hydroxylation sites is 1. The zero-order chi connectivity index (χ0) is 27.1. The van der Waals surface area contributed by atoms with Gasteiger partial charge in [0.15, 0.2) is 0 Å². The summed E-state index contributed by atoms with van der Waals surface area (Å²) in [7, 11) is 0. The van der Waals surface area contributed by atoms with Crippen molar-refractivity contribution in [2.45, 2.75) is 33.3 Å². The number of nitrogens with zero attached hydrogens (tertiary/aromatic N) is 1. The Bertz CT molecular complexity index is 1840. The number of halogens is 1. The van der Waals surface area contributed by atoms with Crippen molar-refractivity contribution in [3.05, 3.63) is 122 Å². The number of benzene rings is 3. The molecule has 194 valence electrons. The maximum Gasteiger partial charge on any atom is 0.339 e. The molecular weight excluding hydrogens is 510 g/mol. The third-order valence-electron chi connectivity index (χ3n) is 7.23. The standard InChI is InChI=1S/C33H26ClNO4/c1-19-12-22(15-21-8-4-3-5-9-21)32-26(13-19)31(24-10-6-7-11-28(24)35-32)33(37)38-18-23-16-30(36)39-29-14-20(2)27(34)17-25(23)29/h3-11,14-17,19H,12-13,18H2,1-2H3/b22-15-. The second kappa shape index (κ2) is 10.2. The van der Waals surface area contributed by atoms with Crippen molar-refractivity contribution in [2.75, 3.05) is 0 Å². The van der Waals surface area contributed by atoms with Crippen LogP contribution in [0.5, 0.6) is 0 Å². The van der Waals surface area contributed by atoms with Crippen LogP contribution in [0.25, 0.3) is 33.5 Å². The van der Waals surface area contributed by atoms with Gasteiger partial charge in [0.2, 0.25) is 0 Å². The maximum absolute atomic E-state index is 13.8. The molecule has 0 radical (unpaired) electrons. The molecule has 6 heteroatoms. The third kappa shape index (κ3) is 4.86. The lowest BCUT2D eigenvalue weighted by molar-refractivity contribution is 0.0474. The number of rotatable bonds is 4. The SMILES string of the molecule is Cc1cc2oc(=O)cc(COC(=O)c3c4c(nc5ccccc35)/C(=C\c3ccccc3)CC(C)C4)c2cc1Cl. The predicted molar refractivity (Wildman–Crippen MR) is 155 cm³/mol. The van der Waals surface area contributed by atoms with E-state index in [2.05, 4.69) is 25.1 Å². The normalized spacial score (nSPS) is 16.0. The Morgan fingerprint density at radius 3 is 2.64 bits per heavy atom. The largest absolute Gasteiger partial charge is 0.457 e. The van der Waals surface area contributed by atoms with Crippen LogP contribution in [-0.2, 0) is 17.8 Å². The van der Waals surface area contributed by atoms with E-state index in [1.807, 2.05) is 49.4 Å². The number of carbonyl (C=O) groups is 1. The third-order valence-corrected chi connectivity index (χ3v) is 7.64. The molecule has 3 aromatic carbocycles. The molecule has 1 aliphatic rings. The maximum atomic E-state index is 13.8. The van der Waals surface area contributed by atoms with E-state index in [4.69, 9.17) is 25.7 Å². The fraction of sp³-hybridized carbons (Fsp3) is 0.182. The van der Waals surface area contributed by atoms with Gasteiger partial charge >= 0.3 is 11.6 Å². The lowest BCUT2D eigenvalue weighted by Gasteiger charge is -2.26. The number of fused-ring (bicyclic) bond motifs is 3. The first-order valence-corrected chi connectivity index (χ1v) is 13.3. The average molecular weight is 536 g/mol. The summed E-state index contributed by atoms with van der Waals surface area (Å²) in [5.41, 5.74) is 6.45. The highest BCUT2D eigenvalue weighted by atomic mass is 35.5. The van der Waals surface area contributed by atoms with E-state index < -0.39 is 11.6 Å². The topological polar surface area (TPSA) is 69.4 Å². The monoisotopic (exact) mass is 535 g/mol. The van der Waals surface area contributed by atoms with Crippen LogP contribution in [0.3, 0.4) is 0 Å². The summed E-state index contributed by atoms with van der Waals surface area (Å²) in [6.45, 7) is 3.94. The van der Waals surface area contributed by atoms with Crippen molar-refractivity contribution in [3.8, 4) is 0 Å². The van der Waals surface area contributed by atoms with Crippen LogP contribution in [0.2, 0.25) is 5.02 Å². The Kier molecular flexibility index (Phi) is 6.53. The van der Waals surface area contributed by atoms with Gasteiger partial charge in [0, 0.05) is 27.4 Å². The zero-order valence-electron chi connectivity index (χ0n) is 21.7. The second-order valence-electron chi connectivity index (χ2n) is 10.2. The lowest BCUT2D eigenvalue weighted by Crippen LogP contribution is -2.19. The number of ether oxygens (including phenoxy) is 1. The summed E-state index contributed by atoms with van der Waals surface area (Å²) in [5.74, 6) is -0.118. The molecule has 2 aromatic heterocycles. The van der Waals surface area contributed by atoms with Gasteiger partial charge in [-0.3, -0.25) is 0 Å². The van der Waals surface area contributed by atoms with Gasteiger partial charge in [0.05, 0.1) is 16.8 Å². The van der Waals surface area contributed by atoms with Gasteiger partial charge < -0.3 is 9.15 Å². The molecule has 0 amide bonds. The van der Waals surface area contributed by atoms with E-state index >= 15 is 0 Å². The van der Waals surface area contributed by atoms with Crippen LogP contribution >= 0.6 is 11.6 Å². The Morgan fingerprint density at radius 2 is 1.82 bits per heavy atom. The molecular formula is C33H26ClNO4. The molecule has 1 atom stereocenters. The molecule has 1 unspecified atom stereocenters. The number of pyridine rings is 1. The molecule has 6 rings (SSSR count). The highest BCUT2D eigenvalue weighted by molar-refractivity contribution is 6.32. The number of hydrogen-bond acceptors (Lipinski definition) is 5. The van der Waals surface area contributed by atoms with Crippen molar-refractivity contribution in [2.24, 2.45) is 5.92 Å². The van der Waals surface area contributed by atoms with E-state index in [9.17, 15) is 9.59 Å². The molecule has 0 saturated heterocycles. The second-order valence-corrected chi connectivity index (χ2v) is 10.6. The van der Waals surface area contributed by atoms with Crippen molar-refractivity contribution in [1.29, 1.82) is 0 Å². The summed E-state index contributed by atoms with van der Waals surface area (Å²) in [6, 6.07) is 22.6. The first-order chi connectivity index (χ1) is 18.9. The molecule has 5 nitrogen and oxygen atoms in total. The molecule has 2 heterocycles. The molecule has 0 aliphatic heterocycles. The summed E-state index contributed by atoms with van der Waals surface area (Å²) in [4.78, 5) is 31.1. The number of aryl methyl sites for hydroxylation is 1. The molecule has 0 fully saturated rings. The minimum absolute atomic E-state index is 0.0893. The fourth-order valence-corrected chi connectivity index (χ4v) is 5.57. The van der Waals surface area contributed by atoms with E-state index in [-0.39, 0.29) is 6.61 Å². The van der Waals surface area contributed by atoms with Gasteiger partial charge in [0.1, 0.15) is 12.2 Å². The molecule has 5 aromatic rings. The quantitative estimate of drug-likeness (QED) is 0.173. The lowest BCUT2D eigenvalue weighted by atomic mass is 9.80. The number of hydrogen-bond donors (Lipinski definition) is 0. The van der Waals surface area contributed by atoms with Crippen LogP contribution in [0.4, 0.5) is 0 Å². The van der Waals surface area contributed by atoms with Crippen LogP contribution in [0.15, 0.2) is 82.0 Å². The van der Waals surface area contributed by atoms with Crippen molar-refractivity contribution in [3.63, 3.8) is 0 Å². The summed E-state index contributed by atoms with van der Waals surface area (Å²) >= 11 is 6.35. The average Bonchev–Trinajstić information content (AvgIpc) is 2.92. The number of esters is 1. The molecule has 0 saturated carbocycles. The van der Waals surface area contributed by atoms with Crippen LogP contribution < -0.4 is 5.63 Å². The van der Waals surface area contributed by atoms with E-state index in [1.165, 1.54) is 6.07 Å². The highest BCUT2D eigenvalue weighted by Crippen LogP contribution is 2.39. The van der Waals surface area contributed by atoms with Crippen molar-refractivity contribution < 1.29 is 13.9 Å². The van der Waals surface area contributed by atoms with E-state index in [1.54, 1.807) is 12.1 Å². The first kappa shape index (κ1) is 25.1. The Hall–Kier alpha value is -4.22. The number of aromatic nitrogens is 1. The summed E-state index contributed by atoms with van der Waals surface area (Å²) in [5, 5.41) is 1.94. The Balaban J connectivity index is 1.44. The van der Waals surface area contributed by atoms with E-state index in [0.29, 0.717) is 33.0 Å². The Morgan fingerprint density at radius 1 is 1.05 bits per heavy atom. The molecule has 0 spiro atoms. The zero-order valence-corrected chi connectivity index (χ0v) is 22.4. The predicted octanol–water partition coefficient (Wildman–Crippen LogP) is 7.78. The van der Waals surface area contributed by atoms with Crippen molar-refractivity contribution in [1.82, 2.24) is 4.98 Å². The van der Waals surface area contributed by atoms with Crippen LogP contribution in [0, 0.1) is 12.8 Å². The van der Waals surface area contributed by atoms with E-state index in [0.717, 1.165) is 51.7 Å². The van der Waals surface area contributed by atoms with Crippen molar-refractivity contribution >= 4 is 51.1 Å². The molecule has 39 heavy (non-hydrogen) atoms. The smallest absolute Gasteiger partial charge is 0.339 e. The van der Waals surface area contributed by atoms with Crippen LogP contribution in [0.1, 0.15) is 51.7 Å². The van der Waals surface area contributed by atoms with Crippen LogP contribution in [-0.4, -0.2) is 11.0 Å². The minimum Gasteiger partial charge on any atom is -0.457 e. The van der Waals surface area contributed by atoms with Gasteiger partial charge in [-0.25, -0.2) is 14.6 Å². The van der Waals surface area contributed by atoms with Gasteiger partial charge in [-0.15, -0.1) is 0 Å². The fourth-order valence-electron chi connectivity index (χ4n) is 5.40. The summed E-state index contributed by atoms with van der Waals surface area (Å²) in [6.07, 6.45) is 3.75. The molecule has 0 N–H and O–H groups in total. The minimum atomic E-state index is -0.508. The highest BCUT2D eigenvalue weighted by Gasteiger charge is 2.29. The summed E-state index contributed by atoms with van der Waals surface area (Å²) < 4.78 is 11.3. The number of carbonyl (C=O) groups excluding carboxylic acids is 1. The van der Waals surface area contributed by atoms with Gasteiger partial charge in [-0.05, 0) is 72.2 Å².